The molecule has 0 saturated carbocycles. The lowest BCUT2D eigenvalue weighted by Gasteiger charge is -2.04. The van der Waals surface area contributed by atoms with Gasteiger partial charge in [0.05, 0.1) is 22.4 Å². The Balaban J connectivity index is 1.56. The van der Waals surface area contributed by atoms with Gasteiger partial charge in [0, 0.05) is 12.1 Å². The van der Waals surface area contributed by atoms with Crippen LogP contribution < -0.4 is 10.2 Å². The second-order valence-electron chi connectivity index (χ2n) is 5.50. The maximum atomic E-state index is 12.0. The zero-order chi connectivity index (χ0) is 19.1. The molecule has 7 heteroatoms. The summed E-state index contributed by atoms with van der Waals surface area (Å²) in [5, 5.41) is 14.7. The van der Waals surface area contributed by atoms with E-state index in [9.17, 15) is 14.9 Å². The number of nitro groups is 1. The third-order valence-corrected chi connectivity index (χ3v) is 3.59. The van der Waals surface area contributed by atoms with Gasteiger partial charge in [-0.1, -0.05) is 18.2 Å². The Morgan fingerprint density at radius 3 is 2.26 bits per heavy atom. The molecule has 3 rings (SSSR count). The minimum absolute atomic E-state index is 0.0187. The molecule has 0 aromatic heterocycles. The van der Waals surface area contributed by atoms with Crippen LogP contribution in [0, 0.1) is 10.1 Å². The summed E-state index contributed by atoms with van der Waals surface area (Å²) in [6, 6.07) is 21.5. The third-order valence-electron chi connectivity index (χ3n) is 3.59. The van der Waals surface area contributed by atoms with Crippen LogP contribution in [0.25, 0.3) is 0 Å². The van der Waals surface area contributed by atoms with Crippen molar-refractivity contribution in [3.63, 3.8) is 0 Å². The van der Waals surface area contributed by atoms with Gasteiger partial charge in [-0.15, -0.1) is 0 Å². The second kappa shape index (κ2) is 8.39. The fourth-order valence-electron chi connectivity index (χ4n) is 2.20. The van der Waals surface area contributed by atoms with Crippen LogP contribution in [0.1, 0.15) is 15.9 Å². The normalized spacial score (nSPS) is 10.5. The summed E-state index contributed by atoms with van der Waals surface area (Å²) >= 11 is 0. The molecule has 27 heavy (non-hydrogen) atoms. The number of rotatable bonds is 6. The van der Waals surface area contributed by atoms with Gasteiger partial charge in [0.2, 0.25) is 0 Å². The van der Waals surface area contributed by atoms with Gasteiger partial charge in [-0.25, -0.2) is 4.79 Å². The number of ether oxygens (including phenoxy) is 1. The van der Waals surface area contributed by atoms with Crippen molar-refractivity contribution in [3.8, 4) is 5.75 Å². The number of nitrogens with one attached hydrogen (secondary N) is 1. The maximum absolute atomic E-state index is 12.0. The highest BCUT2D eigenvalue weighted by Crippen LogP contribution is 2.16. The Labute approximate surface area is 155 Å². The third kappa shape index (κ3) is 4.99. The van der Waals surface area contributed by atoms with Gasteiger partial charge in [-0.3, -0.25) is 15.5 Å². The van der Waals surface area contributed by atoms with Crippen molar-refractivity contribution in [2.24, 2.45) is 5.10 Å². The summed E-state index contributed by atoms with van der Waals surface area (Å²) in [5.74, 6) is 0.0150. The van der Waals surface area contributed by atoms with Crippen molar-refractivity contribution < 1.29 is 14.5 Å². The molecule has 0 saturated heterocycles. The molecule has 0 amide bonds. The van der Waals surface area contributed by atoms with Gasteiger partial charge in [-0.2, -0.15) is 5.10 Å². The Morgan fingerprint density at radius 1 is 0.963 bits per heavy atom. The molecule has 0 atom stereocenters. The zero-order valence-electron chi connectivity index (χ0n) is 14.1. The standard InChI is InChI=1S/C20H15N3O4/c24-20(16-4-2-1-3-5-16)27-19-12-6-15(7-13-19)14-21-22-17-8-10-18(11-9-17)23(25)26/h1-14,22H/b21-14+. The van der Waals surface area contributed by atoms with E-state index < -0.39 is 10.9 Å². The first kappa shape index (κ1) is 17.8. The minimum atomic E-state index is -0.459. The predicted molar refractivity (Wildman–Crippen MR) is 102 cm³/mol. The number of hydrogen-bond acceptors (Lipinski definition) is 6. The molecular weight excluding hydrogens is 346 g/mol. The van der Waals surface area contributed by atoms with Crippen molar-refractivity contribution >= 4 is 23.6 Å². The number of hydrazone groups is 1. The predicted octanol–water partition coefficient (Wildman–Crippen LogP) is 4.26. The summed E-state index contributed by atoms with van der Waals surface area (Å²) in [6.45, 7) is 0. The molecule has 0 fully saturated rings. The van der Waals surface area contributed by atoms with Crippen LogP contribution in [0.4, 0.5) is 11.4 Å². The monoisotopic (exact) mass is 361 g/mol. The van der Waals surface area contributed by atoms with Crippen molar-refractivity contribution in [2.45, 2.75) is 0 Å². The molecule has 3 aromatic carbocycles. The molecule has 0 unspecified atom stereocenters. The Morgan fingerprint density at radius 2 is 1.63 bits per heavy atom. The largest absolute Gasteiger partial charge is 0.423 e. The number of nitrogens with zero attached hydrogens (tertiary/aromatic N) is 2. The van der Waals surface area contributed by atoms with Crippen LogP contribution in [0.5, 0.6) is 5.75 Å². The number of non-ortho nitro benzene ring substituents is 1. The van der Waals surface area contributed by atoms with Crippen molar-refractivity contribution in [2.75, 3.05) is 5.43 Å². The SMILES string of the molecule is O=C(Oc1ccc(/C=N/Nc2ccc([N+](=O)[O-])cc2)cc1)c1ccccc1. The molecule has 0 spiro atoms. The van der Waals surface area contributed by atoms with Crippen LogP contribution in [0.3, 0.4) is 0 Å². The molecule has 0 bridgehead atoms. The molecule has 7 nitrogen and oxygen atoms in total. The van der Waals surface area contributed by atoms with Gasteiger partial charge in [0.1, 0.15) is 5.75 Å². The van der Waals surface area contributed by atoms with Gasteiger partial charge in [-0.05, 0) is 54.1 Å². The average Bonchev–Trinajstić information content (AvgIpc) is 2.70. The Kier molecular flexibility index (Phi) is 5.54. The van der Waals surface area contributed by atoms with Gasteiger partial charge in [0.25, 0.3) is 5.69 Å². The number of benzene rings is 3. The number of carbonyl (C=O) groups is 1. The summed E-state index contributed by atoms with van der Waals surface area (Å²) in [7, 11) is 0. The second-order valence-corrected chi connectivity index (χ2v) is 5.50. The molecule has 0 heterocycles. The lowest BCUT2D eigenvalue weighted by molar-refractivity contribution is -0.384. The smallest absolute Gasteiger partial charge is 0.343 e. The van der Waals surface area contributed by atoms with Gasteiger partial charge < -0.3 is 4.74 Å². The van der Waals surface area contributed by atoms with E-state index in [1.165, 1.54) is 12.1 Å². The zero-order valence-corrected chi connectivity index (χ0v) is 14.1. The van der Waals surface area contributed by atoms with Crippen molar-refractivity contribution in [1.29, 1.82) is 0 Å². The first-order chi connectivity index (χ1) is 13.1. The molecule has 0 aliphatic heterocycles. The summed E-state index contributed by atoms with van der Waals surface area (Å²) in [6.07, 6.45) is 1.59. The number of nitro benzene ring substituents is 1. The molecular formula is C20H15N3O4. The number of hydrogen-bond donors (Lipinski definition) is 1. The minimum Gasteiger partial charge on any atom is -0.423 e. The van der Waals surface area contributed by atoms with Crippen LogP contribution in [0.15, 0.2) is 84.0 Å². The summed E-state index contributed by atoms with van der Waals surface area (Å²) in [4.78, 5) is 22.1. The molecule has 0 radical (unpaired) electrons. The van der Waals surface area contributed by atoms with E-state index in [2.05, 4.69) is 10.5 Å². The van der Waals surface area contributed by atoms with Crippen molar-refractivity contribution in [3.05, 3.63) is 100 Å². The average molecular weight is 361 g/mol. The fourth-order valence-corrected chi connectivity index (χ4v) is 2.20. The van der Waals surface area contributed by atoms with Crippen LogP contribution in [0.2, 0.25) is 0 Å². The first-order valence-corrected chi connectivity index (χ1v) is 8.03. The molecule has 1 N–H and O–H groups in total. The van der Waals surface area contributed by atoms with Crippen molar-refractivity contribution in [1.82, 2.24) is 0 Å². The molecule has 134 valence electrons. The molecule has 0 aliphatic rings. The van der Waals surface area contributed by atoms with E-state index in [4.69, 9.17) is 4.74 Å². The molecule has 0 aliphatic carbocycles. The lowest BCUT2D eigenvalue weighted by Crippen LogP contribution is -2.08. The highest BCUT2D eigenvalue weighted by Gasteiger charge is 2.07. The molecule has 3 aromatic rings. The van der Waals surface area contributed by atoms with Crippen LogP contribution >= 0.6 is 0 Å². The van der Waals surface area contributed by atoms with E-state index in [-0.39, 0.29) is 5.69 Å². The van der Waals surface area contributed by atoms with Crippen LogP contribution in [-0.4, -0.2) is 17.1 Å². The number of carbonyl (C=O) groups excluding carboxylic acids is 1. The van der Waals surface area contributed by atoms with E-state index in [0.717, 1.165) is 5.56 Å². The quantitative estimate of drug-likeness (QED) is 0.233. The Bertz CT molecular complexity index is 953. The maximum Gasteiger partial charge on any atom is 0.343 e. The lowest BCUT2D eigenvalue weighted by atomic mass is 10.2. The van der Waals surface area contributed by atoms with Crippen LogP contribution in [-0.2, 0) is 0 Å². The van der Waals surface area contributed by atoms with Gasteiger partial charge in [0.15, 0.2) is 0 Å². The number of esters is 1. The number of anilines is 1. The highest BCUT2D eigenvalue weighted by atomic mass is 16.6. The topological polar surface area (TPSA) is 93.8 Å². The fraction of sp³-hybridized carbons (Fsp3) is 0. The summed E-state index contributed by atoms with van der Waals surface area (Å²) in [5.41, 5.74) is 4.71. The Hall–Kier alpha value is -4.00. The summed E-state index contributed by atoms with van der Waals surface area (Å²) < 4.78 is 5.31. The van der Waals surface area contributed by atoms with E-state index >= 15 is 0 Å². The van der Waals surface area contributed by atoms with E-state index in [1.807, 2.05) is 6.07 Å². The van der Waals surface area contributed by atoms with E-state index in [0.29, 0.717) is 17.0 Å². The first-order valence-electron chi connectivity index (χ1n) is 8.03. The highest BCUT2D eigenvalue weighted by molar-refractivity contribution is 5.91. The van der Waals surface area contributed by atoms with Gasteiger partial charge >= 0.3 is 5.97 Å². The van der Waals surface area contributed by atoms with E-state index in [1.54, 1.807) is 66.9 Å².